The van der Waals surface area contributed by atoms with Crippen LogP contribution in [0, 0.1) is 6.20 Å². The number of hydrogen-bond donors (Lipinski definition) is 0. The first kappa shape index (κ1) is 6.55. The first-order valence-electron chi connectivity index (χ1n) is 3.14. The molecule has 0 amide bonds. The molecule has 0 unspecified atom stereocenters. The van der Waals surface area contributed by atoms with Gasteiger partial charge >= 0.3 is 0 Å². The van der Waals surface area contributed by atoms with Crippen molar-refractivity contribution in [3.63, 3.8) is 0 Å². The second-order valence-corrected chi connectivity index (χ2v) is 2.58. The Labute approximate surface area is 68.9 Å². The van der Waals surface area contributed by atoms with E-state index in [1.807, 2.05) is 6.07 Å². The van der Waals surface area contributed by atoms with Crippen molar-refractivity contribution in [1.29, 1.82) is 0 Å². The highest BCUT2D eigenvalue weighted by Crippen LogP contribution is 2.14. The van der Waals surface area contributed by atoms with Crippen LogP contribution in [0.2, 0.25) is 5.02 Å². The summed E-state index contributed by atoms with van der Waals surface area (Å²) in [5.41, 5.74) is 0.826. The smallest absolute Gasteiger partial charge is 0.116 e. The van der Waals surface area contributed by atoms with Crippen LogP contribution >= 0.6 is 11.6 Å². The van der Waals surface area contributed by atoms with Crippen molar-refractivity contribution in [2.24, 2.45) is 0 Å². The summed E-state index contributed by atoms with van der Waals surface area (Å²) in [6.45, 7) is 0. The molecule has 1 aromatic heterocycles. The Balaban J connectivity index is 2.83. The fourth-order valence-electron chi connectivity index (χ4n) is 0.896. The Morgan fingerprint density at radius 3 is 3.18 bits per heavy atom. The zero-order chi connectivity index (χ0) is 7.68. The highest BCUT2D eigenvalue weighted by atomic mass is 35.5. The zero-order valence-corrected chi connectivity index (χ0v) is 6.34. The Bertz CT molecular complexity index is 387. The van der Waals surface area contributed by atoms with E-state index in [1.165, 1.54) is 6.33 Å². The van der Waals surface area contributed by atoms with Crippen molar-refractivity contribution in [1.82, 2.24) is 9.97 Å². The topological polar surface area (TPSA) is 25.8 Å². The third-order valence-corrected chi connectivity index (χ3v) is 1.63. The van der Waals surface area contributed by atoms with Gasteiger partial charge in [-0.2, -0.15) is 0 Å². The normalized spacial score (nSPS) is 10.3. The van der Waals surface area contributed by atoms with Crippen LogP contribution < -0.4 is 0 Å². The summed E-state index contributed by atoms with van der Waals surface area (Å²) in [6.07, 6.45) is 4.26. The van der Waals surface area contributed by atoms with Gasteiger partial charge in [0, 0.05) is 10.4 Å². The van der Waals surface area contributed by atoms with E-state index in [0.29, 0.717) is 5.02 Å². The quantitative estimate of drug-likeness (QED) is 0.594. The average molecular weight is 164 g/mol. The molecule has 1 aromatic carbocycles. The van der Waals surface area contributed by atoms with Gasteiger partial charge in [-0.05, 0) is 18.2 Å². The summed E-state index contributed by atoms with van der Waals surface area (Å²) in [4.78, 5) is 7.78. The van der Waals surface area contributed by atoms with E-state index in [0.717, 1.165) is 10.9 Å². The number of hydrogen-bond acceptors (Lipinski definition) is 2. The number of rotatable bonds is 0. The molecule has 0 spiro atoms. The summed E-state index contributed by atoms with van der Waals surface area (Å²) in [5, 5.41) is 1.57. The van der Waals surface area contributed by atoms with E-state index in [-0.39, 0.29) is 0 Å². The number of fused-ring (bicyclic) bond motifs is 1. The molecule has 0 N–H and O–H groups in total. The van der Waals surface area contributed by atoms with Gasteiger partial charge in [0.15, 0.2) is 0 Å². The molecule has 0 atom stereocenters. The summed E-state index contributed by atoms with van der Waals surface area (Å²) in [6, 6.07) is 5.43. The van der Waals surface area contributed by atoms with E-state index >= 15 is 0 Å². The van der Waals surface area contributed by atoms with Crippen LogP contribution in [0.3, 0.4) is 0 Å². The van der Waals surface area contributed by atoms with Crippen LogP contribution in [0.25, 0.3) is 10.9 Å². The van der Waals surface area contributed by atoms with Crippen molar-refractivity contribution < 1.29 is 0 Å². The summed E-state index contributed by atoms with van der Waals surface area (Å²) in [7, 11) is 0. The van der Waals surface area contributed by atoms with Crippen LogP contribution in [0.1, 0.15) is 0 Å². The number of halogens is 1. The van der Waals surface area contributed by atoms with Gasteiger partial charge in [-0.3, -0.25) is 0 Å². The average Bonchev–Trinajstić information content (AvgIpc) is 2.04. The molecule has 2 rings (SSSR count). The van der Waals surface area contributed by atoms with Gasteiger partial charge in [-0.25, -0.2) is 9.97 Å². The lowest BCUT2D eigenvalue weighted by molar-refractivity contribution is 1.21. The molecule has 0 aliphatic carbocycles. The second kappa shape index (κ2) is 2.47. The van der Waals surface area contributed by atoms with E-state index in [9.17, 15) is 0 Å². The molecule has 0 bridgehead atoms. The van der Waals surface area contributed by atoms with Crippen LogP contribution in [-0.2, 0) is 0 Å². The van der Waals surface area contributed by atoms with Crippen molar-refractivity contribution >= 4 is 22.5 Å². The van der Waals surface area contributed by atoms with Gasteiger partial charge in [0.25, 0.3) is 0 Å². The predicted molar refractivity (Wildman–Crippen MR) is 43.4 cm³/mol. The molecule has 2 nitrogen and oxygen atoms in total. The SMILES string of the molecule is Clc1ccc2[c]ncnc2c1. The second-order valence-electron chi connectivity index (χ2n) is 2.15. The molecule has 0 aliphatic heterocycles. The Morgan fingerprint density at radius 2 is 2.27 bits per heavy atom. The maximum Gasteiger partial charge on any atom is 0.116 e. The van der Waals surface area contributed by atoms with E-state index < -0.39 is 0 Å². The van der Waals surface area contributed by atoms with Crippen LogP contribution in [0.15, 0.2) is 24.5 Å². The Hall–Kier alpha value is -1.15. The molecule has 3 heteroatoms. The predicted octanol–water partition coefficient (Wildman–Crippen LogP) is 2.08. The van der Waals surface area contributed by atoms with E-state index in [4.69, 9.17) is 11.6 Å². The molecule has 11 heavy (non-hydrogen) atoms. The minimum absolute atomic E-state index is 0.685. The molecular formula is C8H4ClN2. The third-order valence-electron chi connectivity index (χ3n) is 1.40. The van der Waals surface area contributed by atoms with E-state index in [1.54, 1.807) is 12.1 Å². The molecule has 1 heterocycles. The van der Waals surface area contributed by atoms with E-state index in [2.05, 4.69) is 16.2 Å². The Morgan fingerprint density at radius 1 is 1.36 bits per heavy atom. The maximum atomic E-state index is 5.74. The van der Waals surface area contributed by atoms with Crippen molar-refractivity contribution in [3.8, 4) is 0 Å². The third kappa shape index (κ3) is 1.17. The van der Waals surface area contributed by atoms with Gasteiger partial charge in [0.05, 0.1) is 5.52 Å². The van der Waals surface area contributed by atoms with Gasteiger partial charge in [0.1, 0.15) is 12.5 Å². The Kier molecular flexibility index (Phi) is 1.47. The molecule has 1 radical (unpaired) electrons. The van der Waals surface area contributed by atoms with Gasteiger partial charge < -0.3 is 0 Å². The minimum Gasteiger partial charge on any atom is -0.236 e. The lowest BCUT2D eigenvalue weighted by Gasteiger charge is -1.93. The minimum atomic E-state index is 0.685. The van der Waals surface area contributed by atoms with Crippen LogP contribution in [0.5, 0.6) is 0 Å². The highest BCUT2D eigenvalue weighted by molar-refractivity contribution is 6.31. The lowest BCUT2D eigenvalue weighted by atomic mass is 10.2. The molecule has 0 saturated heterocycles. The largest absolute Gasteiger partial charge is 0.236 e. The zero-order valence-electron chi connectivity index (χ0n) is 5.58. The summed E-state index contributed by atoms with van der Waals surface area (Å²) >= 11 is 5.74. The molecular weight excluding hydrogens is 160 g/mol. The molecule has 0 aliphatic rings. The lowest BCUT2D eigenvalue weighted by Crippen LogP contribution is -1.79. The molecule has 2 aromatic rings. The van der Waals surface area contributed by atoms with Gasteiger partial charge in [0.2, 0.25) is 0 Å². The van der Waals surface area contributed by atoms with Gasteiger partial charge in [-0.1, -0.05) is 11.6 Å². The summed E-state index contributed by atoms with van der Waals surface area (Å²) in [5.74, 6) is 0. The maximum absolute atomic E-state index is 5.74. The van der Waals surface area contributed by atoms with Crippen molar-refractivity contribution in [2.75, 3.05) is 0 Å². The van der Waals surface area contributed by atoms with Crippen LogP contribution in [-0.4, -0.2) is 9.97 Å². The number of benzene rings is 1. The van der Waals surface area contributed by atoms with Crippen LogP contribution in [0.4, 0.5) is 0 Å². The standard InChI is InChI=1S/C8H4ClN2/c9-7-2-1-6-4-10-5-11-8(6)3-7/h1-3,5H. The molecule has 53 valence electrons. The van der Waals surface area contributed by atoms with Crippen molar-refractivity contribution in [2.45, 2.75) is 0 Å². The monoisotopic (exact) mass is 163 g/mol. The fraction of sp³-hybridized carbons (Fsp3) is 0. The fourth-order valence-corrected chi connectivity index (χ4v) is 1.06. The number of aromatic nitrogens is 2. The summed E-state index contributed by atoms with van der Waals surface area (Å²) < 4.78 is 0. The molecule has 0 saturated carbocycles. The highest BCUT2D eigenvalue weighted by Gasteiger charge is 1.93. The van der Waals surface area contributed by atoms with Gasteiger partial charge in [-0.15, -0.1) is 0 Å². The first-order chi connectivity index (χ1) is 5.36. The number of nitrogens with zero attached hydrogens (tertiary/aromatic N) is 2. The molecule has 0 fully saturated rings. The van der Waals surface area contributed by atoms with Crippen molar-refractivity contribution in [3.05, 3.63) is 35.7 Å². The first-order valence-corrected chi connectivity index (χ1v) is 3.52.